The zero-order chi connectivity index (χ0) is 23.0. The van der Waals surface area contributed by atoms with Crippen molar-refractivity contribution in [2.24, 2.45) is 0 Å². The number of benzene rings is 1. The summed E-state index contributed by atoms with van der Waals surface area (Å²) in [6.45, 7) is 13.8. The molecular weight excluding hydrogens is 415 g/mol. The van der Waals surface area contributed by atoms with E-state index in [0.29, 0.717) is 17.3 Å². The Bertz CT molecular complexity index is 905. The maximum atomic E-state index is 13.0. The molecule has 0 radical (unpaired) electrons. The number of methoxy groups -OCH3 is 1. The minimum absolute atomic E-state index is 0.315. The number of thiazole rings is 1. The van der Waals surface area contributed by atoms with Crippen LogP contribution in [0.2, 0.25) is 0 Å². The van der Waals surface area contributed by atoms with Gasteiger partial charge in [0.25, 0.3) is 0 Å². The van der Waals surface area contributed by atoms with Crippen LogP contribution in [-0.4, -0.2) is 42.1 Å². The van der Waals surface area contributed by atoms with Gasteiger partial charge < -0.3 is 18.8 Å². The number of hydrogen-bond acceptors (Lipinski definition) is 7. The SMILES string of the molecule is COc1ccc(CN(C(=O)OC(C)(C)C)c2nc(B3OC(C)(C)C(C)(C)O3)cs2)cc1. The number of carbonyl (C=O) groups excluding carboxylic acids is 1. The van der Waals surface area contributed by atoms with Crippen molar-refractivity contribution < 1.29 is 23.6 Å². The normalized spacial score (nSPS) is 17.5. The second-order valence-electron chi connectivity index (χ2n) is 9.56. The van der Waals surface area contributed by atoms with Gasteiger partial charge in [-0.25, -0.2) is 14.7 Å². The Hall–Kier alpha value is -2.10. The van der Waals surface area contributed by atoms with Crippen molar-refractivity contribution in [1.82, 2.24) is 4.98 Å². The lowest BCUT2D eigenvalue weighted by Gasteiger charge is -2.32. The van der Waals surface area contributed by atoms with Gasteiger partial charge in [0.05, 0.1) is 30.4 Å². The average molecular weight is 446 g/mol. The Kier molecular flexibility index (Phi) is 6.42. The van der Waals surface area contributed by atoms with Crippen molar-refractivity contribution >= 4 is 35.3 Å². The topological polar surface area (TPSA) is 70.1 Å². The van der Waals surface area contributed by atoms with Gasteiger partial charge in [-0.2, -0.15) is 0 Å². The molecule has 0 N–H and O–H groups in total. The minimum atomic E-state index is -0.624. The molecule has 0 saturated carbocycles. The number of nitrogens with zero attached hydrogens (tertiary/aromatic N) is 2. The van der Waals surface area contributed by atoms with Gasteiger partial charge in [-0.05, 0) is 66.2 Å². The zero-order valence-corrected chi connectivity index (χ0v) is 20.3. The zero-order valence-electron chi connectivity index (χ0n) is 19.5. The second kappa shape index (κ2) is 8.45. The highest BCUT2D eigenvalue weighted by molar-refractivity contribution is 7.14. The van der Waals surface area contributed by atoms with E-state index in [4.69, 9.17) is 18.8 Å². The predicted octanol–water partition coefficient (Wildman–Crippen LogP) is 4.39. The summed E-state index contributed by atoms with van der Waals surface area (Å²) in [7, 11) is 1.03. The Morgan fingerprint density at radius 3 is 2.23 bits per heavy atom. The average Bonchev–Trinajstić information content (AvgIpc) is 3.21. The molecule has 31 heavy (non-hydrogen) atoms. The van der Waals surface area contributed by atoms with E-state index in [1.807, 2.05) is 78.1 Å². The van der Waals surface area contributed by atoms with Gasteiger partial charge in [0.2, 0.25) is 0 Å². The summed E-state index contributed by atoms with van der Waals surface area (Å²) in [5.41, 5.74) is 0.0206. The molecule has 2 heterocycles. The van der Waals surface area contributed by atoms with Gasteiger partial charge >= 0.3 is 13.2 Å². The molecule has 3 rings (SSSR count). The van der Waals surface area contributed by atoms with Crippen molar-refractivity contribution in [2.45, 2.75) is 71.8 Å². The molecule has 7 nitrogen and oxygen atoms in total. The quantitative estimate of drug-likeness (QED) is 0.635. The standard InChI is InChI=1S/C22H31BN2O5S/c1-20(2,3)28-19(26)25(13-15-9-11-16(27-8)12-10-15)18-24-17(14-31-18)23-29-21(4,5)22(6,7)30-23/h9-12,14H,13H2,1-8H3. The second-order valence-corrected chi connectivity index (χ2v) is 10.4. The van der Waals surface area contributed by atoms with E-state index in [2.05, 4.69) is 4.98 Å². The molecular formula is C22H31BN2O5S. The third kappa shape index (κ3) is 5.40. The summed E-state index contributed by atoms with van der Waals surface area (Å²) in [6, 6.07) is 7.55. The third-order valence-corrected chi connectivity index (χ3v) is 6.23. The summed E-state index contributed by atoms with van der Waals surface area (Å²) >= 11 is 1.36. The molecule has 1 saturated heterocycles. The number of aromatic nitrogens is 1. The first-order valence-electron chi connectivity index (χ1n) is 10.3. The maximum Gasteiger partial charge on any atom is 0.515 e. The lowest BCUT2D eigenvalue weighted by molar-refractivity contribution is 0.00578. The van der Waals surface area contributed by atoms with E-state index in [1.54, 1.807) is 7.11 Å². The first kappa shape index (κ1) is 23.6. The fourth-order valence-corrected chi connectivity index (χ4v) is 3.73. The highest BCUT2D eigenvalue weighted by atomic mass is 32.1. The number of anilines is 1. The molecule has 168 valence electrons. The number of carbonyl (C=O) groups is 1. The van der Waals surface area contributed by atoms with Gasteiger partial charge in [-0.1, -0.05) is 12.1 Å². The molecule has 0 unspecified atom stereocenters. The van der Waals surface area contributed by atoms with Crippen molar-refractivity contribution in [3.05, 3.63) is 35.2 Å². The predicted molar refractivity (Wildman–Crippen MR) is 123 cm³/mol. The van der Waals surface area contributed by atoms with Crippen LogP contribution in [-0.2, 0) is 20.6 Å². The number of amides is 1. The van der Waals surface area contributed by atoms with Crippen LogP contribution in [0.15, 0.2) is 29.6 Å². The van der Waals surface area contributed by atoms with Crippen molar-refractivity contribution in [2.75, 3.05) is 12.0 Å². The largest absolute Gasteiger partial charge is 0.515 e. The van der Waals surface area contributed by atoms with E-state index in [-0.39, 0.29) is 0 Å². The molecule has 0 spiro atoms. The van der Waals surface area contributed by atoms with E-state index in [1.165, 1.54) is 16.2 Å². The first-order chi connectivity index (χ1) is 14.3. The number of rotatable bonds is 5. The smallest absolute Gasteiger partial charge is 0.497 e. The van der Waals surface area contributed by atoms with E-state index in [0.717, 1.165) is 11.3 Å². The summed E-state index contributed by atoms with van der Waals surface area (Å²) < 4.78 is 23.1. The van der Waals surface area contributed by atoms with Crippen molar-refractivity contribution in [3.63, 3.8) is 0 Å². The summed E-state index contributed by atoms with van der Waals surface area (Å²) in [5, 5.41) is 2.39. The molecule has 0 atom stereocenters. The molecule has 2 aromatic rings. The Labute approximate surface area is 188 Å². The van der Waals surface area contributed by atoms with E-state index < -0.39 is 30.0 Å². The van der Waals surface area contributed by atoms with Crippen LogP contribution < -0.4 is 15.2 Å². The van der Waals surface area contributed by atoms with Crippen molar-refractivity contribution in [1.29, 1.82) is 0 Å². The van der Waals surface area contributed by atoms with E-state index in [9.17, 15) is 4.79 Å². The molecule has 9 heteroatoms. The Morgan fingerprint density at radius 1 is 1.13 bits per heavy atom. The Morgan fingerprint density at radius 2 is 1.71 bits per heavy atom. The monoisotopic (exact) mass is 446 g/mol. The van der Waals surface area contributed by atoms with Crippen LogP contribution >= 0.6 is 11.3 Å². The molecule has 1 aliphatic heterocycles. The lowest BCUT2D eigenvalue weighted by atomic mass is 9.86. The third-order valence-electron chi connectivity index (χ3n) is 5.35. The molecule has 1 fully saturated rings. The van der Waals surface area contributed by atoms with Gasteiger partial charge in [0.1, 0.15) is 11.4 Å². The molecule has 1 amide bonds. The van der Waals surface area contributed by atoms with Crippen LogP contribution in [0.4, 0.5) is 9.93 Å². The van der Waals surface area contributed by atoms with Crippen LogP contribution in [0.25, 0.3) is 0 Å². The van der Waals surface area contributed by atoms with Crippen LogP contribution in [0, 0.1) is 0 Å². The van der Waals surface area contributed by atoms with Gasteiger partial charge in [0, 0.05) is 5.38 Å². The molecule has 1 aromatic carbocycles. The van der Waals surface area contributed by atoms with Crippen molar-refractivity contribution in [3.8, 4) is 5.75 Å². The van der Waals surface area contributed by atoms with Gasteiger partial charge in [-0.15, -0.1) is 11.3 Å². The minimum Gasteiger partial charge on any atom is -0.497 e. The Balaban J connectivity index is 1.86. The lowest BCUT2D eigenvalue weighted by Crippen LogP contribution is -2.41. The highest BCUT2D eigenvalue weighted by Crippen LogP contribution is 2.37. The fraction of sp³-hybridized carbons (Fsp3) is 0.545. The number of hydrogen-bond donors (Lipinski definition) is 0. The van der Waals surface area contributed by atoms with E-state index >= 15 is 0 Å². The molecule has 0 bridgehead atoms. The van der Waals surface area contributed by atoms with Gasteiger partial charge in [-0.3, -0.25) is 0 Å². The van der Waals surface area contributed by atoms with Crippen LogP contribution in [0.3, 0.4) is 0 Å². The molecule has 1 aliphatic rings. The van der Waals surface area contributed by atoms with Crippen LogP contribution in [0.1, 0.15) is 54.0 Å². The molecule has 1 aromatic heterocycles. The summed E-state index contributed by atoms with van der Waals surface area (Å²) in [4.78, 5) is 19.2. The fourth-order valence-electron chi connectivity index (χ4n) is 2.91. The number of ether oxygens (including phenoxy) is 2. The first-order valence-corrected chi connectivity index (χ1v) is 11.1. The highest BCUT2D eigenvalue weighted by Gasteiger charge is 2.52. The van der Waals surface area contributed by atoms with Gasteiger partial charge in [0.15, 0.2) is 5.13 Å². The maximum absolute atomic E-state index is 13.0. The summed E-state index contributed by atoms with van der Waals surface area (Å²) in [6.07, 6.45) is -0.460. The van der Waals surface area contributed by atoms with Crippen LogP contribution in [0.5, 0.6) is 5.75 Å². The summed E-state index contributed by atoms with van der Waals surface area (Å²) in [5.74, 6) is 0.755. The molecule has 0 aliphatic carbocycles.